The molecule has 1 unspecified atom stereocenters. The van der Waals surface area contributed by atoms with E-state index < -0.39 is 5.97 Å². The van der Waals surface area contributed by atoms with Crippen LogP contribution in [0.2, 0.25) is 0 Å². The number of rotatable bonds is 4. The number of carboxylic acid groups (broad SMARTS) is 1. The Balaban J connectivity index is 2.17. The number of aromatic carboxylic acids is 1. The van der Waals surface area contributed by atoms with Crippen LogP contribution in [-0.2, 0) is 4.74 Å². The molecule has 0 aromatic heterocycles. The average molecular weight is 314 g/mol. The number of anilines is 1. The van der Waals surface area contributed by atoms with Gasteiger partial charge in [-0.3, -0.25) is 0 Å². The number of ether oxygens (including phenoxy) is 1. The Labute approximate surface area is 115 Å². The molecule has 18 heavy (non-hydrogen) atoms. The van der Waals surface area contributed by atoms with Crippen molar-refractivity contribution in [3.05, 3.63) is 28.2 Å². The summed E-state index contributed by atoms with van der Waals surface area (Å²) in [6, 6.07) is 5.31. The Morgan fingerprint density at radius 3 is 3.00 bits per heavy atom. The van der Waals surface area contributed by atoms with Crippen LogP contribution in [0.1, 0.15) is 23.2 Å². The van der Waals surface area contributed by atoms with Gasteiger partial charge in [-0.25, -0.2) is 4.79 Å². The van der Waals surface area contributed by atoms with Crippen LogP contribution in [0.4, 0.5) is 5.69 Å². The molecule has 0 amide bonds. The molecule has 1 aromatic carbocycles. The van der Waals surface area contributed by atoms with E-state index >= 15 is 0 Å². The molecule has 0 radical (unpaired) electrons. The van der Waals surface area contributed by atoms with Crippen molar-refractivity contribution < 1.29 is 14.6 Å². The lowest BCUT2D eigenvalue weighted by Gasteiger charge is -2.24. The zero-order valence-electron chi connectivity index (χ0n) is 10.2. The van der Waals surface area contributed by atoms with E-state index in [-0.39, 0.29) is 6.10 Å². The standard InChI is InChI=1S/C13H16BrNO3/c1-15(8-10-3-2-6-18-10)12-5-4-9(14)7-11(12)13(16)17/h4-5,7,10H,2-3,6,8H2,1H3,(H,16,17). The molecule has 1 aliphatic heterocycles. The van der Waals surface area contributed by atoms with Crippen LogP contribution in [0.15, 0.2) is 22.7 Å². The summed E-state index contributed by atoms with van der Waals surface area (Å²) in [7, 11) is 1.90. The zero-order chi connectivity index (χ0) is 13.1. The van der Waals surface area contributed by atoms with E-state index in [1.807, 2.05) is 24.1 Å². The van der Waals surface area contributed by atoms with Crippen LogP contribution >= 0.6 is 15.9 Å². The molecule has 0 spiro atoms. The van der Waals surface area contributed by atoms with Gasteiger partial charge in [0.1, 0.15) is 0 Å². The third-order valence-electron chi connectivity index (χ3n) is 3.10. The first kappa shape index (κ1) is 13.4. The van der Waals surface area contributed by atoms with Gasteiger partial charge in [0, 0.05) is 24.7 Å². The Morgan fingerprint density at radius 2 is 2.39 bits per heavy atom. The minimum absolute atomic E-state index is 0.209. The molecule has 1 saturated heterocycles. The quantitative estimate of drug-likeness (QED) is 0.928. The number of hydrogen-bond donors (Lipinski definition) is 1. The third-order valence-corrected chi connectivity index (χ3v) is 3.59. The highest BCUT2D eigenvalue weighted by Gasteiger charge is 2.20. The summed E-state index contributed by atoms with van der Waals surface area (Å²) < 4.78 is 6.34. The second kappa shape index (κ2) is 5.71. The molecule has 0 saturated carbocycles. The fraction of sp³-hybridized carbons (Fsp3) is 0.462. The Kier molecular flexibility index (Phi) is 4.24. The molecule has 0 aliphatic carbocycles. The summed E-state index contributed by atoms with van der Waals surface area (Å²) in [6.07, 6.45) is 2.34. The van der Waals surface area contributed by atoms with Gasteiger partial charge in [-0.1, -0.05) is 15.9 Å². The summed E-state index contributed by atoms with van der Waals surface area (Å²) in [5.41, 5.74) is 1.03. The van der Waals surface area contributed by atoms with Crippen molar-refractivity contribution in [2.45, 2.75) is 18.9 Å². The highest BCUT2D eigenvalue weighted by Crippen LogP contribution is 2.25. The molecule has 1 atom stereocenters. The molecular weight excluding hydrogens is 298 g/mol. The molecule has 2 rings (SSSR count). The van der Waals surface area contributed by atoms with Crippen LogP contribution in [0, 0.1) is 0 Å². The van der Waals surface area contributed by atoms with Gasteiger partial charge in [0.2, 0.25) is 0 Å². The number of likely N-dealkylation sites (N-methyl/N-ethyl adjacent to an activating group) is 1. The zero-order valence-corrected chi connectivity index (χ0v) is 11.8. The van der Waals surface area contributed by atoms with Crippen molar-refractivity contribution in [3.8, 4) is 0 Å². The van der Waals surface area contributed by atoms with Crippen molar-refractivity contribution in [2.75, 3.05) is 25.1 Å². The second-order valence-electron chi connectivity index (χ2n) is 4.48. The Morgan fingerprint density at radius 1 is 1.61 bits per heavy atom. The summed E-state index contributed by atoms with van der Waals surface area (Å²) >= 11 is 3.30. The van der Waals surface area contributed by atoms with E-state index in [0.717, 1.165) is 36.2 Å². The first-order valence-electron chi connectivity index (χ1n) is 5.93. The molecule has 1 N–H and O–H groups in total. The number of benzene rings is 1. The molecule has 1 heterocycles. The average Bonchev–Trinajstić information content (AvgIpc) is 2.81. The van der Waals surface area contributed by atoms with Crippen LogP contribution < -0.4 is 4.90 Å². The maximum Gasteiger partial charge on any atom is 0.337 e. The minimum Gasteiger partial charge on any atom is -0.478 e. The highest BCUT2D eigenvalue weighted by molar-refractivity contribution is 9.10. The monoisotopic (exact) mass is 313 g/mol. The van der Waals surface area contributed by atoms with Crippen LogP contribution in [0.3, 0.4) is 0 Å². The van der Waals surface area contributed by atoms with E-state index in [4.69, 9.17) is 4.74 Å². The predicted octanol–water partition coefficient (Wildman–Crippen LogP) is 2.76. The molecular formula is C13H16BrNO3. The lowest BCUT2D eigenvalue weighted by atomic mass is 10.1. The highest BCUT2D eigenvalue weighted by atomic mass is 79.9. The molecule has 5 heteroatoms. The molecule has 4 nitrogen and oxygen atoms in total. The largest absolute Gasteiger partial charge is 0.478 e. The molecule has 1 aliphatic rings. The summed E-state index contributed by atoms with van der Waals surface area (Å²) in [5.74, 6) is -0.912. The minimum atomic E-state index is -0.912. The molecule has 98 valence electrons. The van der Waals surface area contributed by atoms with E-state index in [1.54, 1.807) is 6.07 Å². The number of halogens is 1. The SMILES string of the molecule is CN(CC1CCCO1)c1ccc(Br)cc1C(=O)O. The topological polar surface area (TPSA) is 49.8 Å². The van der Waals surface area contributed by atoms with Gasteiger partial charge in [-0.2, -0.15) is 0 Å². The third kappa shape index (κ3) is 3.03. The number of nitrogens with zero attached hydrogens (tertiary/aromatic N) is 1. The van der Waals surface area contributed by atoms with E-state index in [0.29, 0.717) is 5.56 Å². The van der Waals surface area contributed by atoms with Gasteiger partial charge in [0.15, 0.2) is 0 Å². The number of carbonyl (C=O) groups is 1. The smallest absolute Gasteiger partial charge is 0.337 e. The maximum atomic E-state index is 11.2. The lowest BCUT2D eigenvalue weighted by molar-refractivity contribution is 0.0697. The van der Waals surface area contributed by atoms with Gasteiger partial charge < -0.3 is 14.7 Å². The number of carboxylic acids is 1. The van der Waals surface area contributed by atoms with E-state index in [2.05, 4.69) is 15.9 Å². The first-order chi connectivity index (χ1) is 8.58. The number of hydrogen-bond acceptors (Lipinski definition) is 3. The summed E-state index contributed by atoms with van der Waals surface area (Å²) in [6.45, 7) is 1.53. The van der Waals surface area contributed by atoms with Crippen molar-refractivity contribution in [2.24, 2.45) is 0 Å². The predicted molar refractivity (Wildman–Crippen MR) is 73.3 cm³/mol. The fourth-order valence-corrected chi connectivity index (χ4v) is 2.57. The van der Waals surface area contributed by atoms with Crippen molar-refractivity contribution in [1.29, 1.82) is 0 Å². The summed E-state index contributed by atoms with van der Waals surface area (Å²) in [4.78, 5) is 13.2. The first-order valence-corrected chi connectivity index (χ1v) is 6.73. The van der Waals surface area contributed by atoms with Crippen molar-refractivity contribution >= 4 is 27.6 Å². The molecule has 1 fully saturated rings. The van der Waals surface area contributed by atoms with E-state index in [9.17, 15) is 9.90 Å². The Hall–Kier alpha value is -1.07. The van der Waals surface area contributed by atoms with Crippen molar-refractivity contribution in [1.82, 2.24) is 0 Å². The Bertz CT molecular complexity index is 444. The van der Waals surface area contributed by atoms with Crippen LogP contribution in [0.25, 0.3) is 0 Å². The van der Waals surface area contributed by atoms with Crippen LogP contribution in [-0.4, -0.2) is 37.4 Å². The van der Waals surface area contributed by atoms with Gasteiger partial charge in [0.25, 0.3) is 0 Å². The maximum absolute atomic E-state index is 11.2. The van der Waals surface area contributed by atoms with Gasteiger partial charge in [-0.15, -0.1) is 0 Å². The molecule has 0 bridgehead atoms. The summed E-state index contributed by atoms with van der Waals surface area (Å²) in [5, 5.41) is 9.22. The van der Waals surface area contributed by atoms with Gasteiger partial charge >= 0.3 is 5.97 Å². The second-order valence-corrected chi connectivity index (χ2v) is 5.40. The van der Waals surface area contributed by atoms with Gasteiger partial charge in [0.05, 0.1) is 17.4 Å². The normalized spacial score (nSPS) is 18.9. The fourth-order valence-electron chi connectivity index (χ4n) is 2.20. The molecule has 1 aromatic rings. The van der Waals surface area contributed by atoms with Gasteiger partial charge in [-0.05, 0) is 31.0 Å². The van der Waals surface area contributed by atoms with Crippen LogP contribution in [0.5, 0.6) is 0 Å². The van der Waals surface area contributed by atoms with E-state index in [1.165, 1.54) is 0 Å². The lowest BCUT2D eigenvalue weighted by Crippen LogP contribution is -2.29. The van der Waals surface area contributed by atoms with Crippen molar-refractivity contribution in [3.63, 3.8) is 0 Å².